The van der Waals surface area contributed by atoms with Crippen LogP contribution in [0.2, 0.25) is 0 Å². The van der Waals surface area contributed by atoms with Crippen LogP contribution in [0.15, 0.2) is 68.9 Å². The molecule has 0 fully saturated rings. The van der Waals surface area contributed by atoms with Gasteiger partial charge in [-0.3, -0.25) is 4.99 Å². The summed E-state index contributed by atoms with van der Waals surface area (Å²) in [5.41, 5.74) is 1.41. The third-order valence-corrected chi connectivity index (χ3v) is 3.22. The number of aromatic amines is 1. The molecule has 0 unspecified atom stereocenters. The molecule has 0 saturated carbocycles. The normalized spacial score (nSPS) is 11.0. The number of rotatable bonds is 4. The number of aromatic carboxylic acids is 1. The van der Waals surface area contributed by atoms with Gasteiger partial charge in [-0.15, -0.1) is 0 Å². The van der Waals surface area contributed by atoms with Gasteiger partial charge in [-0.1, -0.05) is 42.5 Å². The minimum absolute atomic E-state index is 0.0176. The summed E-state index contributed by atoms with van der Waals surface area (Å²) in [5.74, 6) is -1.28. The maximum Gasteiger partial charge on any atom is 0.366 e. The molecule has 0 radical (unpaired) electrons. The van der Waals surface area contributed by atoms with Gasteiger partial charge in [0.05, 0.1) is 17.4 Å². The molecule has 114 valence electrons. The molecule has 3 rings (SSSR count). The van der Waals surface area contributed by atoms with Crippen molar-refractivity contribution in [2.24, 2.45) is 4.99 Å². The Morgan fingerprint density at radius 1 is 1.13 bits per heavy atom. The molecule has 6 heteroatoms. The molecule has 0 aliphatic carbocycles. The Labute approximate surface area is 130 Å². The molecule has 6 nitrogen and oxygen atoms in total. The number of hydrogen-bond acceptors (Lipinski definition) is 5. The van der Waals surface area contributed by atoms with Crippen LogP contribution in [0.3, 0.4) is 0 Å². The van der Waals surface area contributed by atoms with Crippen molar-refractivity contribution in [3.63, 3.8) is 0 Å². The summed E-state index contributed by atoms with van der Waals surface area (Å²) in [6.45, 7) is 0. The number of carboxylic acids is 1. The molecule has 3 aromatic rings. The Morgan fingerprint density at radius 3 is 2.65 bits per heavy atom. The molecule has 0 atom stereocenters. The van der Waals surface area contributed by atoms with E-state index in [1.165, 1.54) is 18.3 Å². The lowest BCUT2D eigenvalue weighted by atomic mass is 10.1. The SMILES string of the molecule is O=C([O-])c1cccc(N=Cc2c(-c3ccccc3)[nH]oc2=O)c1. The Kier molecular flexibility index (Phi) is 3.88. The predicted octanol–water partition coefficient (Wildman–Crippen LogP) is 1.75. The van der Waals surface area contributed by atoms with Crippen LogP contribution in [0.25, 0.3) is 11.3 Å². The van der Waals surface area contributed by atoms with Crippen LogP contribution in [-0.4, -0.2) is 17.3 Å². The number of benzene rings is 2. The summed E-state index contributed by atoms with van der Waals surface area (Å²) >= 11 is 0. The fourth-order valence-corrected chi connectivity index (χ4v) is 2.10. The molecule has 0 aliphatic rings. The number of H-pyrrole nitrogens is 1. The third kappa shape index (κ3) is 3.11. The minimum Gasteiger partial charge on any atom is -0.545 e. The number of aromatic nitrogens is 1. The van der Waals surface area contributed by atoms with Crippen molar-refractivity contribution in [1.82, 2.24) is 5.16 Å². The van der Waals surface area contributed by atoms with E-state index in [-0.39, 0.29) is 11.1 Å². The van der Waals surface area contributed by atoms with Crippen molar-refractivity contribution >= 4 is 17.9 Å². The lowest BCUT2D eigenvalue weighted by molar-refractivity contribution is -0.255. The summed E-state index contributed by atoms with van der Waals surface area (Å²) < 4.78 is 4.82. The highest BCUT2D eigenvalue weighted by atomic mass is 16.5. The van der Waals surface area contributed by atoms with E-state index in [1.54, 1.807) is 12.1 Å². The Morgan fingerprint density at radius 2 is 1.91 bits per heavy atom. The Bertz CT molecular complexity index is 923. The van der Waals surface area contributed by atoms with Crippen LogP contribution in [-0.2, 0) is 0 Å². The van der Waals surface area contributed by atoms with Crippen LogP contribution in [0.4, 0.5) is 5.69 Å². The molecule has 2 aromatic carbocycles. The van der Waals surface area contributed by atoms with Crippen LogP contribution in [0.5, 0.6) is 0 Å². The van der Waals surface area contributed by atoms with Crippen LogP contribution in [0.1, 0.15) is 15.9 Å². The van der Waals surface area contributed by atoms with E-state index in [0.29, 0.717) is 11.4 Å². The van der Waals surface area contributed by atoms with Gasteiger partial charge < -0.3 is 14.4 Å². The first kappa shape index (κ1) is 14.5. The zero-order valence-electron chi connectivity index (χ0n) is 11.9. The van der Waals surface area contributed by atoms with Gasteiger partial charge in [0, 0.05) is 11.8 Å². The first-order valence-corrected chi connectivity index (χ1v) is 6.77. The summed E-state index contributed by atoms with van der Waals surface area (Å²) in [7, 11) is 0. The number of nitrogens with zero attached hydrogens (tertiary/aromatic N) is 1. The molecule has 23 heavy (non-hydrogen) atoms. The topological polar surface area (TPSA) is 98.5 Å². The van der Waals surface area contributed by atoms with Crippen molar-refractivity contribution in [2.45, 2.75) is 0 Å². The van der Waals surface area contributed by atoms with Crippen molar-refractivity contribution in [2.75, 3.05) is 0 Å². The predicted molar refractivity (Wildman–Crippen MR) is 82.8 cm³/mol. The summed E-state index contributed by atoms with van der Waals surface area (Å²) in [5, 5.41) is 13.4. The molecule has 1 aromatic heterocycles. The van der Waals surface area contributed by atoms with Gasteiger partial charge in [0.1, 0.15) is 5.56 Å². The Hall–Kier alpha value is -3.41. The van der Waals surface area contributed by atoms with E-state index >= 15 is 0 Å². The van der Waals surface area contributed by atoms with Crippen molar-refractivity contribution in [1.29, 1.82) is 0 Å². The summed E-state index contributed by atoms with van der Waals surface area (Å²) in [4.78, 5) is 26.8. The molecule has 1 heterocycles. The van der Waals surface area contributed by atoms with E-state index in [4.69, 9.17) is 4.52 Å². The lowest BCUT2D eigenvalue weighted by Crippen LogP contribution is -2.21. The van der Waals surface area contributed by atoms with E-state index in [0.717, 1.165) is 5.56 Å². The maximum atomic E-state index is 11.8. The molecular weight excluding hydrogens is 296 g/mol. The number of nitrogens with one attached hydrogen (secondary N) is 1. The number of carbonyl (C=O) groups excluding carboxylic acids is 1. The van der Waals surface area contributed by atoms with Crippen LogP contribution >= 0.6 is 0 Å². The van der Waals surface area contributed by atoms with E-state index in [2.05, 4.69) is 10.1 Å². The van der Waals surface area contributed by atoms with Gasteiger partial charge in [-0.2, -0.15) is 0 Å². The maximum absolute atomic E-state index is 11.8. The second-order valence-corrected chi connectivity index (χ2v) is 4.74. The molecule has 0 aliphatic heterocycles. The van der Waals surface area contributed by atoms with Gasteiger partial charge in [0.15, 0.2) is 0 Å². The van der Waals surface area contributed by atoms with Gasteiger partial charge >= 0.3 is 5.63 Å². The summed E-state index contributed by atoms with van der Waals surface area (Å²) in [6.07, 6.45) is 1.35. The largest absolute Gasteiger partial charge is 0.545 e. The highest BCUT2D eigenvalue weighted by Crippen LogP contribution is 2.19. The second-order valence-electron chi connectivity index (χ2n) is 4.74. The molecule has 1 N–H and O–H groups in total. The smallest absolute Gasteiger partial charge is 0.366 e. The van der Waals surface area contributed by atoms with Crippen molar-refractivity contribution in [3.8, 4) is 11.3 Å². The number of aliphatic imine (C=N–C) groups is 1. The molecule has 0 saturated heterocycles. The van der Waals surface area contributed by atoms with Crippen molar-refractivity contribution < 1.29 is 14.4 Å². The number of carbonyl (C=O) groups is 1. The monoisotopic (exact) mass is 307 g/mol. The fraction of sp³-hybridized carbons (Fsp3) is 0. The zero-order valence-corrected chi connectivity index (χ0v) is 11.9. The third-order valence-electron chi connectivity index (χ3n) is 3.22. The van der Waals surface area contributed by atoms with Crippen LogP contribution < -0.4 is 10.7 Å². The molecule has 0 spiro atoms. The zero-order chi connectivity index (χ0) is 16.2. The van der Waals surface area contributed by atoms with Gasteiger partial charge in [0.2, 0.25) is 0 Å². The molecule has 0 bridgehead atoms. The van der Waals surface area contributed by atoms with E-state index in [9.17, 15) is 14.7 Å². The van der Waals surface area contributed by atoms with Gasteiger partial charge in [-0.05, 0) is 17.7 Å². The average Bonchev–Trinajstić information content (AvgIpc) is 2.95. The van der Waals surface area contributed by atoms with E-state index < -0.39 is 11.6 Å². The second kappa shape index (κ2) is 6.15. The first-order valence-electron chi connectivity index (χ1n) is 6.77. The molecular formula is C17H11N2O4-. The Balaban J connectivity index is 1.98. The quantitative estimate of drug-likeness (QED) is 0.742. The summed E-state index contributed by atoms with van der Waals surface area (Å²) in [6, 6.07) is 15.1. The number of hydrogen-bond donors (Lipinski definition) is 1. The lowest BCUT2D eigenvalue weighted by Gasteiger charge is -2.02. The first-order chi connectivity index (χ1) is 11.1. The van der Waals surface area contributed by atoms with Gasteiger partial charge in [0.25, 0.3) is 0 Å². The highest BCUT2D eigenvalue weighted by Gasteiger charge is 2.11. The van der Waals surface area contributed by atoms with Crippen LogP contribution in [0, 0.1) is 0 Å². The minimum atomic E-state index is -1.28. The number of carboxylic acid groups (broad SMARTS) is 1. The fourth-order valence-electron chi connectivity index (χ4n) is 2.10. The standard InChI is InChI=1S/C17H12N2O4/c20-16(21)12-7-4-8-13(9-12)18-10-14-15(19-23-17(14)22)11-5-2-1-3-6-11/h1-10,19H,(H,20,21)/p-1. The molecule has 0 amide bonds. The highest BCUT2D eigenvalue weighted by molar-refractivity contribution is 5.90. The van der Waals surface area contributed by atoms with Gasteiger partial charge in [-0.25, -0.2) is 9.95 Å². The van der Waals surface area contributed by atoms with E-state index in [1.807, 2.05) is 30.3 Å². The average molecular weight is 307 g/mol. The van der Waals surface area contributed by atoms with Crippen molar-refractivity contribution in [3.05, 3.63) is 76.1 Å².